The summed E-state index contributed by atoms with van der Waals surface area (Å²) in [6.45, 7) is 0. The van der Waals surface area contributed by atoms with Crippen molar-refractivity contribution in [1.82, 2.24) is 4.98 Å². The van der Waals surface area contributed by atoms with Crippen LogP contribution in [0.15, 0.2) is 16.7 Å². The Morgan fingerprint density at radius 2 is 2.33 bits per heavy atom. The highest BCUT2D eigenvalue weighted by atomic mass is 79.9. The van der Waals surface area contributed by atoms with Gasteiger partial charge in [0.15, 0.2) is 0 Å². The van der Waals surface area contributed by atoms with E-state index in [0.717, 1.165) is 5.44 Å². The van der Waals surface area contributed by atoms with Crippen molar-refractivity contribution in [1.29, 1.82) is 0 Å². The van der Waals surface area contributed by atoms with Gasteiger partial charge in [-0.15, -0.1) is 0 Å². The number of hydrogen-bond acceptors (Lipinski definition) is 1. The van der Waals surface area contributed by atoms with Crippen LogP contribution in [0.4, 0.5) is 4.39 Å². The Kier molecular flexibility index (Phi) is 2.14. The van der Waals surface area contributed by atoms with Crippen LogP contribution in [-0.4, -0.2) is 4.98 Å². The van der Waals surface area contributed by atoms with Crippen LogP contribution in [-0.2, 0) is 0 Å². The molecule has 0 fully saturated rings. The van der Waals surface area contributed by atoms with Crippen LogP contribution in [0, 0.1) is 5.82 Å². The van der Waals surface area contributed by atoms with Gasteiger partial charge in [0, 0.05) is 4.47 Å². The van der Waals surface area contributed by atoms with Gasteiger partial charge in [0.2, 0.25) is 0 Å². The summed E-state index contributed by atoms with van der Waals surface area (Å²) < 4.78 is 12.9. The highest BCUT2D eigenvalue weighted by Crippen LogP contribution is 2.08. The Labute approximate surface area is 63.0 Å². The van der Waals surface area contributed by atoms with E-state index in [2.05, 4.69) is 30.2 Å². The lowest BCUT2D eigenvalue weighted by Gasteiger charge is -1.93. The Morgan fingerprint density at radius 3 is 2.78 bits per heavy atom. The van der Waals surface area contributed by atoms with Crippen molar-refractivity contribution >= 4 is 30.6 Å². The van der Waals surface area contributed by atoms with Gasteiger partial charge in [0.1, 0.15) is 5.82 Å². The molecule has 0 bridgehead atoms. The number of hydrogen-bond donors (Lipinski definition) is 0. The van der Waals surface area contributed by atoms with E-state index in [1.165, 1.54) is 12.3 Å². The lowest BCUT2D eigenvalue weighted by atomic mass is 10.5. The maximum Gasteiger partial charge on any atom is 0.142 e. The average molecular weight is 208 g/mol. The number of pyridine rings is 1. The summed E-state index contributed by atoms with van der Waals surface area (Å²) in [7, 11) is 2.38. The summed E-state index contributed by atoms with van der Waals surface area (Å²) in [4.78, 5) is 3.72. The predicted octanol–water partition coefficient (Wildman–Crippen LogP) is 1.48. The van der Waals surface area contributed by atoms with Crippen molar-refractivity contribution in [3.05, 3.63) is 22.6 Å². The molecule has 1 atom stereocenters. The van der Waals surface area contributed by atoms with E-state index in [1.807, 2.05) is 0 Å². The maximum atomic E-state index is 12.2. The molecule has 0 aliphatic rings. The minimum absolute atomic E-state index is 0.326. The van der Waals surface area contributed by atoms with Crippen LogP contribution in [0.1, 0.15) is 0 Å². The summed E-state index contributed by atoms with van der Waals surface area (Å²) in [5.74, 6) is -0.326. The molecule has 0 saturated carbocycles. The van der Waals surface area contributed by atoms with Crippen LogP contribution < -0.4 is 5.44 Å². The van der Waals surface area contributed by atoms with Crippen LogP contribution in [0.3, 0.4) is 0 Å². The van der Waals surface area contributed by atoms with Crippen molar-refractivity contribution < 1.29 is 4.39 Å². The first kappa shape index (κ1) is 7.10. The van der Waals surface area contributed by atoms with E-state index in [4.69, 9.17) is 0 Å². The van der Waals surface area contributed by atoms with Crippen molar-refractivity contribution in [2.24, 2.45) is 0 Å². The van der Waals surface area contributed by atoms with Crippen molar-refractivity contribution in [2.75, 3.05) is 0 Å². The number of rotatable bonds is 0. The van der Waals surface area contributed by atoms with E-state index in [1.54, 1.807) is 0 Å². The average Bonchev–Trinajstić information content (AvgIpc) is 1.80. The molecule has 9 heavy (non-hydrogen) atoms. The molecular formula is C5H4BrFNP. The van der Waals surface area contributed by atoms with Crippen LogP contribution in [0.25, 0.3) is 0 Å². The predicted molar refractivity (Wildman–Crippen MR) is 41.2 cm³/mol. The SMILES string of the molecule is Fc1cnc(P)c(Br)c1. The first-order valence-corrected chi connectivity index (χ1v) is 3.63. The number of halogens is 2. The number of aromatic nitrogens is 1. The fraction of sp³-hybridized carbons (Fsp3) is 0. The van der Waals surface area contributed by atoms with E-state index < -0.39 is 0 Å². The lowest BCUT2D eigenvalue weighted by Crippen LogP contribution is -1.98. The summed E-state index contributed by atoms with van der Waals surface area (Å²) in [5, 5.41) is 0. The quantitative estimate of drug-likeness (QED) is 0.588. The molecule has 1 aromatic rings. The highest BCUT2D eigenvalue weighted by molar-refractivity contribution is 9.10. The summed E-state index contributed by atoms with van der Waals surface area (Å²) in [6.07, 6.45) is 1.17. The second-order valence-electron chi connectivity index (χ2n) is 1.52. The minimum Gasteiger partial charge on any atom is -0.253 e. The number of nitrogens with zero attached hydrogens (tertiary/aromatic N) is 1. The van der Waals surface area contributed by atoms with Crippen molar-refractivity contribution in [3.63, 3.8) is 0 Å². The second-order valence-corrected chi connectivity index (χ2v) is 2.92. The van der Waals surface area contributed by atoms with Gasteiger partial charge in [-0.1, -0.05) is 9.24 Å². The summed E-state index contributed by atoms with van der Waals surface area (Å²) in [6, 6.07) is 1.37. The van der Waals surface area contributed by atoms with Gasteiger partial charge in [-0.3, -0.25) is 4.98 Å². The van der Waals surface area contributed by atoms with Gasteiger partial charge in [-0.05, 0) is 22.0 Å². The zero-order valence-electron chi connectivity index (χ0n) is 4.44. The van der Waals surface area contributed by atoms with Crippen molar-refractivity contribution in [2.45, 2.75) is 0 Å². The third-order valence-corrected chi connectivity index (χ3v) is 2.35. The van der Waals surface area contributed by atoms with Crippen LogP contribution in [0.2, 0.25) is 0 Å². The molecule has 0 aromatic carbocycles. The van der Waals surface area contributed by atoms with Crippen LogP contribution in [0.5, 0.6) is 0 Å². The summed E-state index contributed by atoms with van der Waals surface area (Å²) >= 11 is 3.12. The van der Waals surface area contributed by atoms with E-state index >= 15 is 0 Å². The Bertz CT molecular complexity index is 228. The molecule has 0 aliphatic heterocycles. The van der Waals surface area contributed by atoms with E-state index in [-0.39, 0.29) is 5.82 Å². The Balaban J connectivity index is 3.17. The zero-order valence-corrected chi connectivity index (χ0v) is 7.18. The molecule has 48 valence electrons. The molecule has 4 heteroatoms. The second kappa shape index (κ2) is 2.72. The monoisotopic (exact) mass is 207 g/mol. The standard InChI is InChI=1S/C5H4BrFNP/c6-4-1-3(7)2-8-5(4)9/h1-2H,9H2. The molecule has 0 N–H and O–H groups in total. The first-order valence-electron chi connectivity index (χ1n) is 2.26. The summed E-state index contributed by atoms with van der Waals surface area (Å²) in [5.41, 5.74) is 0.719. The van der Waals surface area contributed by atoms with Gasteiger partial charge >= 0.3 is 0 Å². The largest absolute Gasteiger partial charge is 0.253 e. The van der Waals surface area contributed by atoms with Gasteiger partial charge in [-0.25, -0.2) is 4.39 Å². The van der Waals surface area contributed by atoms with Crippen LogP contribution >= 0.6 is 25.2 Å². The molecule has 0 spiro atoms. The molecule has 0 aliphatic carbocycles. The molecule has 0 saturated heterocycles. The van der Waals surface area contributed by atoms with Gasteiger partial charge in [0.25, 0.3) is 0 Å². The highest BCUT2D eigenvalue weighted by Gasteiger charge is 1.95. The van der Waals surface area contributed by atoms with E-state index in [0.29, 0.717) is 4.47 Å². The first-order chi connectivity index (χ1) is 4.20. The van der Waals surface area contributed by atoms with E-state index in [9.17, 15) is 4.39 Å². The van der Waals surface area contributed by atoms with Gasteiger partial charge < -0.3 is 0 Å². The normalized spacial score (nSPS) is 9.67. The van der Waals surface area contributed by atoms with Gasteiger partial charge in [-0.2, -0.15) is 0 Å². The fourth-order valence-corrected chi connectivity index (χ4v) is 0.904. The molecule has 1 unspecified atom stereocenters. The Hall–Kier alpha value is -0.0100. The molecule has 0 radical (unpaired) electrons. The van der Waals surface area contributed by atoms with Gasteiger partial charge in [0.05, 0.1) is 11.6 Å². The third-order valence-electron chi connectivity index (χ3n) is 0.836. The molecule has 1 heterocycles. The smallest absolute Gasteiger partial charge is 0.142 e. The molecule has 1 nitrogen and oxygen atoms in total. The molecule has 0 amide bonds. The maximum absolute atomic E-state index is 12.2. The fourth-order valence-electron chi connectivity index (χ4n) is 0.425. The minimum atomic E-state index is -0.326. The topological polar surface area (TPSA) is 12.9 Å². The Morgan fingerprint density at radius 1 is 1.67 bits per heavy atom. The lowest BCUT2D eigenvalue weighted by molar-refractivity contribution is 0.621. The molecule has 1 rings (SSSR count). The van der Waals surface area contributed by atoms with Crippen molar-refractivity contribution in [3.8, 4) is 0 Å². The molecular weight excluding hydrogens is 204 g/mol. The third kappa shape index (κ3) is 1.70. The molecule has 1 aromatic heterocycles. The zero-order chi connectivity index (χ0) is 6.85.